The Morgan fingerprint density at radius 2 is 1.82 bits per heavy atom. The van der Waals surface area contributed by atoms with Gasteiger partial charge < -0.3 is 0 Å². The Morgan fingerprint density at radius 3 is 2.44 bits per heavy atom. The maximum Gasteiger partial charge on any atom is 0.330 e. The van der Waals surface area contributed by atoms with Crippen LogP contribution in [0.2, 0.25) is 5.15 Å². The van der Waals surface area contributed by atoms with E-state index in [2.05, 4.69) is 27.5 Å². The summed E-state index contributed by atoms with van der Waals surface area (Å²) < 4.78 is 3.49. The molecule has 0 unspecified atom stereocenters. The second-order valence-corrected chi connectivity index (χ2v) is 9.77. The van der Waals surface area contributed by atoms with Gasteiger partial charge in [0.25, 0.3) is 0 Å². The van der Waals surface area contributed by atoms with Crippen LogP contribution in [0.4, 0.5) is 0 Å². The molecular weight excluding hydrogens is 450 g/mol. The zero-order chi connectivity index (χ0) is 24.3. The SMILES string of the molecule is CCCCCc1c(Cl)n(C(C)(C)C)c(=O)n1Cc1ccc(-c2ccccc2-c2nnn[nH]2)nc1. The van der Waals surface area contributed by atoms with Crippen LogP contribution in [0.5, 0.6) is 0 Å². The summed E-state index contributed by atoms with van der Waals surface area (Å²) in [5, 5.41) is 14.7. The van der Waals surface area contributed by atoms with Crippen LogP contribution in [-0.4, -0.2) is 34.7 Å². The van der Waals surface area contributed by atoms with Crippen LogP contribution in [0.25, 0.3) is 22.6 Å². The van der Waals surface area contributed by atoms with Crippen LogP contribution in [0.3, 0.4) is 0 Å². The number of hydrogen-bond donors (Lipinski definition) is 1. The molecule has 1 aromatic carbocycles. The Kier molecular flexibility index (Phi) is 6.97. The van der Waals surface area contributed by atoms with E-state index in [0.29, 0.717) is 17.5 Å². The van der Waals surface area contributed by atoms with Crippen LogP contribution < -0.4 is 5.69 Å². The monoisotopic (exact) mass is 479 g/mol. The molecule has 9 heteroatoms. The zero-order valence-corrected chi connectivity index (χ0v) is 20.8. The second kappa shape index (κ2) is 9.93. The van der Waals surface area contributed by atoms with Gasteiger partial charge >= 0.3 is 5.69 Å². The lowest BCUT2D eigenvalue weighted by atomic mass is 10.0. The molecule has 3 heterocycles. The predicted molar refractivity (Wildman–Crippen MR) is 134 cm³/mol. The summed E-state index contributed by atoms with van der Waals surface area (Å²) >= 11 is 6.74. The molecule has 0 spiro atoms. The fourth-order valence-corrected chi connectivity index (χ4v) is 4.65. The van der Waals surface area contributed by atoms with Gasteiger partial charge in [0.15, 0.2) is 5.82 Å². The number of rotatable bonds is 8. The van der Waals surface area contributed by atoms with Crippen molar-refractivity contribution in [1.82, 2.24) is 34.7 Å². The molecule has 0 aliphatic carbocycles. The Hall–Kier alpha value is -3.26. The summed E-state index contributed by atoms with van der Waals surface area (Å²) in [6, 6.07) is 11.8. The van der Waals surface area contributed by atoms with E-state index in [1.54, 1.807) is 9.13 Å². The Balaban J connectivity index is 1.67. The van der Waals surface area contributed by atoms with Crippen LogP contribution >= 0.6 is 11.6 Å². The molecule has 0 saturated heterocycles. The molecular formula is C25H30ClN7O. The highest BCUT2D eigenvalue weighted by molar-refractivity contribution is 6.30. The van der Waals surface area contributed by atoms with E-state index in [4.69, 9.17) is 16.6 Å². The van der Waals surface area contributed by atoms with Gasteiger partial charge in [0, 0.05) is 22.9 Å². The minimum atomic E-state index is -0.402. The average molecular weight is 480 g/mol. The molecule has 0 radical (unpaired) electrons. The smallest absolute Gasteiger partial charge is 0.290 e. The fourth-order valence-electron chi connectivity index (χ4n) is 4.13. The van der Waals surface area contributed by atoms with E-state index in [-0.39, 0.29) is 5.69 Å². The molecule has 3 aromatic heterocycles. The maximum atomic E-state index is 13.4. The van der Waals surface area contributed by atoms with Crippen molar-refractivity contribution in [1.29, 1.82) is 0 Å². The maximum absolute atomic E-state index is 13.4. The molecule has 0 aliphatic rings. The van der Waals surface area contributed by atoms with E-state index >= 15 is 0 Å². The summed E-state index contributed by atoms with van der Waals surface area (Å²) in [5.41, 5.74) is 3.93. The molecule has 178 valence electrons. The lowest BCUT2D eigenvalue weighted by molar-refractivity contribution is 0.380. The van der Waals surface area contributed by atoms with Crippen molar-refractivity contribution in [2.45, 2.75) is 65.5 Å². The fraction of sp³-hybridized carbons (Fsp3) is 0.400. The standard InChI is InChI=1S/C25H30ClN7O/c1-5-6-7-12-21-22(26)33(25(2,3)4)24(34)32(21)16-17-13-14-20(27-15-17)18-10-8-9-11-19(18)23-28-30-31-29-23/h8-11,13-15H,5-7,12,16H2,1-4H3,(H,28,29,30,31). The topological polar surface area (TPSA) is 94.3 Å². The highest BCUT2D eigenvalue weighted by atomic mass is 35.5. The first-order valence-corrected chi connectivity index (χ1v) is 12.0. The van der Waals surface area contributed by atoms with Gasteiger partial charge in [-0.2, -0.15) is 0 Å². The first-order chi connectivity index (χ1) is 16.3. The normalized spacial score (nSPS) is 11.8. The summed E-state index contributed by atoms with van der Waals surface area (Å²) in [4.78, 5) is 18.0. The number of halogens is 1. The molecule has 4 rings (SSSR count). The minimum Gasteiger partial charge on any atom is -0.290 e. The molecule has 34 heavy (non-hydrogen) atoms. The first kappa shape index (κ1) is 23.9. The first-order valence-electron chi connectivity index (χ1n) is 11.6. The number of H-pyrrole nitrogens is 1. The third kappa shape index (κ3) is 4.82. The highest BCUT2D eigenvalue weighted by Gasteiger charge is 2.26. The van der Waals surface area contributed by atoms with Gasteiger partial charge in [-0.05, 0) is 55.7 Å². The summed E-state index contributed by atoms with van der Waals surface area (Å²) in [6.07, 6.45) is 5.79. The van der Waals surface area contributed by atoms with E-state index in [1.807, 2.05) is 63.4 Å². The molecule has 0 aliphatic heterocycles. The van der Waals surface area contributed by atoms with Crippen LogP contribution in [-0.2, 0) is 18.5 Å². The number of imidazole rings is 1. The molecule has 4 aromatic rings. The lowest BCUT2D eigenvalue weighted by Gasteiger charge is -2.20. The minimum absolute atomic E-state index is 0.0868. The average Bonchev–Trinajstić information content (AvgIpc) is 3.42. The number of tetrazole rings is 1. The van der Waals surface area contributed by atoms with Gasteiger partial charge in [-0.1, -0.05) is 61.7 Å². The van der Waals surface area contributed by atoms with E-state index < -0.39 is 5.54 Å². The molecule has 0 fully saturated rings. The second-order valence-electron chi connectivity index (χ2n) is 9.42. The summed E-state index contributed by atoms with van der Waals surface area (Å²) in [5.74, 6) is 0.586. The number of aromatic nitrogens is 7. The Bertz CT molecular complexity index is 1300. The highest BCUT2D eigenvalue weighted by Crippen LogP contribution is 2.29. The molecule has 0 amide bonds. The number of aromatic amines is 1. The van der Waals surface area contributed by atoms with Crippen LogP contribution in [0.15, 0.2) is 47.4 Å². The van der Waals surface area contributed by atoms with Crippen molar-refractivity contribution in [2.75, 3.05) is 0 Å². The van der Waals surface area contributed by atoms with Crippen LogP contribution in [0, 0.1) is 0 Å². The van der Waals surface area contributed by atoms with Crippen molar-refractivity contribution in [3.05, 3.63) is 69.5 Å². The third-order valence-corrected chi connectivity index (χ3v) is 6.23. The van der Waals surface area contributed by atoms with Gasteiger partial charge in [-0.3, -0.25) is 14.1 Å². The molecule has 0 atom stereocenters. The van der Waals surface area contributed by atoms with Crippen LogP contribution in [0.1, 0.15) is 58.2 Å². The van der Waals surface area contributed by atoms with Gasteiger partial charge in [0.05, 0.1) is 17.9 Å². The Morgan fingerprint density at radius 1 is 1.06 bits per heavy atom. The van der Waals surface area contributed by atoms with Crippen molar-refractivity contribution in [3.63, 3.8) is 0 Å². The number of nitrogens with one attached hydrogen (secondary N) is 1. The number of pyridine rings is 1. The van der Waals surface area contributed by atoms with Crippen molar-refractivity contribution in [3.8, 4) is 22.6 Å². The van der Waals surface area contributed by atoms with Gasteiger partial charge in [-0.15, -0.1) is 5.10 Å². The zero-order valence-electron chi connectivity index (χ0n) is 20.0. The van der Waals surface area contributed by atoms with E-state index in [9.17, 15) is 4.79 Å². The van der Waals surface area contributed by atoms with Gasteiger partial charge in [0.2, 0.25) is 0 Å². The van der Waals surface area contributed by atoms with Gasteiger partial charge in [-0.25, -0.2) is 9.89 Å². The molecule has 1 N–H and O–H groups in total. The molecule has 8 nitrogen and oxygen atoms in total. The number of hydrogen-bond acceptors (Lipinski definition) is 5. The van der Waals surface area contributed by atoms with Crippen molar-refractivity contribution in [2.24, 2.45) is 0 Å². The predicted octanol–water partition coefficient (Wildman–Crippen LogP) is 5.08. The summed E-state index contributed by atoms with van der Waals surface area (Å²) in [7, 11) is 0. The largest absolute Gasteiger partial charge is 0.330 e. The van der Waals surface area contributed by atoms with Gasteiger partial charge in [0.1, 0.15) is 5.15 Å². The number of nitrogens with zero attached hydrogens (tertiary/aromatic N) is 6. The Labute approximate surface area is 204 Å². The van der Waals surface area contributed by atoms with E-state index in [0.717, 1.165) is 53.8 Å². The van der Waals surface area contributed by atoms with E-state index in [1.165, 1.54) is 0 Å². The number of unbranched alkanes of at least 4 members (excludes halogenated alkanes) is 2. The van der Waals surface area contributed by atoms with Crippen molar-refractivity contribution < 1.29 is 0 Å². The quantitative estimate of drug-likeness (QED) is 0.355. The van der Waals surface area contributed by atoms with Crippen molar-refractivity contribution >= 4 is 11.6 Å². The molecule has 0 saturated carbocycles. The number of benzene rings is 1. The summed E-state index contributed by atoms with van der Waals surface area (Å²) in [6.45, 7) is 8.58. The third-order valence-electron chi connectivity index (χ3n) is 5.84. The molecule has 0 bridgehead atoms. The lowest BCUT2D eigenvalue weighted by Crippen LogP contribution is -2.35.